The highest BCUT2D eigenvalue weighted by Crippen LogP contribution is 2.33. The van der Waals surface area contributed by atoms with Gasteiger partial charge in [0, 0.05) is 6.07 Å². The molecule has 0 spiro atoms. The maximum atomic E-state index is 12.4. The molecule has 0 unspecified atom stereocenters. The Bertz CT molecular complexity index is 855. The van der Waals surface area contributed by atoms with Gasteiger partial charge in [-0.25, -0.2) is 5.43 Å². The molecule has 0 aliphatic carbocycles. The van der Waals surface area contributed by atoms with Crippen molar-refractivity contribution in [3.05, 3.63) is 45.0 Å². The van der Waals surface area contributed by atoms with Crippen LogP contribution in [0.1, 0.15) is 29.8 Å². The van der Waals surface area contributed by atoms with E-state index in [2.05, 4.69) is 33.1 Å². The van der Waals surface area contributed by atoms with Crippen LogP contribution in [0.2, 0.25) is 0 Å². The first kappa shape index (κ1) is 21.8. The van der Waals surface area contributed by atoms with Crippen LogP contribution in [-0.2, 0) is 0 Å². The van der Waals surface area contributed by atoms with E-state index in [1.807, 2.05) is 26.0 Å². The minimum Gasteiger partial charge on any atom is -0.497 e. The summed E-state index contributed by atoms with van der Waals surface area (Å²) in [6, 6.07) is 8.67. The third-order valence-electron chi connectivity index (χ3n) is 3.65. The molecule has 0 radical (unpaired) electrons. The summed E-state index contributed by atoms with van der Waals surface area (Å²) in [6.45, 7) is 4.89. The van der Waals surface area contributed by atoms with Crippen LogP contribution in [0.25, 0.3) is 0 Å². The number of carbonyl (C=O) groups excluding carboxylic acids is 1. The number of carbonyl (C=O) groups is 1. The van der Waals surface area contributed by atoms with Crippen molar-refractivity contribution in [1.82, 2.24) is 5.43 Å². The molecule has 0 aromatic heterocycles. The SMILES string of the molecule is CCOc1cc(/C=N\NC(=O)c2ccc(OC)cc2OC)cc(I)c1OCC. The molecular formula is C20H23IN2O5. The van der Waals surface area contributed by atoms with Crippen molar-refractivity contribution in [1.29, 1.82) is 0 Å². The lowest BCUT2D eigenvalue weighted by molar-refractivity contribution is 0.0952. The van der Waals surface area contributed by atoms with Crippen LogP contribution in [0, 0.1) is 3.57 Å². The molecule has 0 heterocycles. The average Bonchev–Trinajstić information content (AvgIpc) is 2.70. The molecule has 0 atom stereocenters. The number of rotatable bonds is 9. The average molecular weight is 498 g/mol. The van der Waals surface area contributed by atoms with E-state index in [1.54, 1.807) is 31.5 Å². The number of amides is 1. The summed E-state index contributed by atoms with van der Waals surface area (Å²) in [5.41, 5.74) is 3.64. The highest BCUT2D eigenvalue weighted by Gasteiger charge is 2.13. The van der Waals surface area contributed by atoms with Gasteiger partial charge in [0.1, 0.15) is 11.5 Å². The van der Waals surface area contributed by atoms with Gasteiger partial charge in [0.15, 0.2) is 11.5 Å². The molecule has 2 aromatic carbocycles. The Hall–Kier alpha value is -2.49. The largest absolute Gasteiger partial charge is 0.497 e. The van der Waals surface area contributed by atoms with E-state index < -0.39 is 0 Å². The van der Waals surface area contributed by atoms with Gasteiger partial charge in [0.2, 0.25) is 0 Å². The smallest absolute Gasteiger partial charge is 0.275 e. The van der Waals surface area contributed by atoms with Crippen LogP contribution in [0.4, 0.5) is 0 Å². The van der Waals surface area contributed by atoms with Crippen LogP contribution < -0.4 is 24.4 Å². The molecule has 0 aliphatic rings. The molecule has 1 amide bonds. The molecule has 0 bridgehead atoms. The number of hydrogen-bond acceptors (Lipinski definition) is 6. The van der Waals surface area contributed by atoms with Crippen molar-refractivity contribution in [2.45, 2.75) is 13.8 Å². The maximum Gasteiger partial charge on any atom is 0.275 e. The molecule has 0 saturated carbocycles. The molecule has 0 saturated heterocycles. The molecule has 7 nitrogen and oxygen atoms in total. The molecule has 28 heavy (non-hydrogen) atoms. The highest BCUT2D eigenvalue weighted by molar-refractivity contribution is 14.1. The third-order valence-corrected chi connectivity index (χ3v) is 4.45. The molecule has 2 aromatic rings. The van der Waals surface area contributed by atoms with Crippen molar-refractivity contribution in [3.63, 3.8) is 0 Å². The van der Waals surface area contributed by atoms with Gasteiger partial charge >= 0.3 is 0 Å². The van der Waals surface area contributed by atoms with Crippen LogP contribution in [-0.4, -0.2) is 39.6 Å². The molecule has 0 fully saturated rings. The first-order valence-corrected chi connectivity index (χ1v) is 9.76. The number of nitrogens with zero attached hydrogens (tertiary/aromatic N) is 1. The van der Waals surface area contributed by atoms with Gasteiger partial charge in [-0.2, -0.15) is 5.10 Å². The summed E-state index contributed by atoms with van der Waals surface area (Å²) in [6.07, 6.45) is 1.55. The van der Waals surface area contributed by atoms with E-state index >= 15 is 0 Å². The Morgan fingerprint density at radius 1 is 1.07 bits per heavy atom. The van der Waals surface area contributed by atoms with Crippen molar-refractivity contribution in [3.8, 4) is 23.0 Å². The minimum atomic E-state index is -0.388. The lowest BCUT2D eigenvalue weighted by Crippen LogP contribution is -2.18. The lowest BCUT2D eigenvalue weighted by atomic mass is 10.2. The molecule has 1 N–H and O–H groups in total. The molecule has 150 valence electrons. The normalized spacial score (nSPS) is 10.6. The van der Waals surface area contributed by atoms with Gasteiger partial charge in [-0.05, 0) is 66.3 Å². The number of halogens is 1. The molecule has 8 heteroatoms. The zero-order valence-corrected chi connectivity index (χ0v) is 18.4. The first-order chi connectivity index (χ1) is 13.5. The Labute approximate surface area is 178 Å². The fourth-order valence-electron chi connectivity index (χ4n) is 2.42. The maximum absolute atomic E-state index is 12.4. The van der Waals surface area contributed by atoms with Gasteiger partial charge in [0.25, 0.3) is 5.91 Å². The number of ether oxygens (including phenoxy) is 4. The van der Waals surface area contributed by atoms with E-state index in [4.69, 9.17) is 18.9 Å². The van der Waals surface area contributed by atoms with E-state index in [0.29, 0.717) is 41.8 Å². The summed E-state index contributed by atoms with van der Waals surface area (Å²) in [5, 5.41) is 4.04. The van der Waals surface area contributed by atoms with E-state index in [9.17, 15) is 4.79 Å². The molecule has 2 rings (SSSR count). The summed E-state index contributed by atoms with van der Waals surface area (Å²) in [4.78, 5) is 12.4. The Balaban J connectivity index is 2.17. The number of benzene rings is 2. The Morgan fingerprint density at radius 3 is 2.46 bits per heavy atom. The zero-order valence-electron chi connectivity index (χ0n) is 16.2. The fourth-order valence-corrected chi connectivity index (χ4v) is 3.20. The predicted octanol–water partition coefficient (Wildman–Crippen LogP) is 3.87. The van der Waals surface area contributed by atoms with Gasteiger partial charge in [0.05, 0.1) is 42.8 Å². The van der Waals surface area contributed by atoms with E-state index in [0.717, 1.165) is 9.13 Å². The van der Waals surface area contributed by atoms with Crippen LogP contribution in [0.5, 0.6) is 23.0 Å². The molecular weight excluding hydrogens is 475 g/mol. The van der Waals surface area contributed by atoms with Crippen LogP contribution in [0.3, 0.4) is 0 Å². The van der Waals surface area contributed by atoms with Gasteiger partial charge in [-0.15, -0.1) is 0 Å². The van der Waals surface area contributed by atoms with Crippen molar-refractivity contribution in [2.24, 2.45) is 5.10 Å². The standard InChI is InChI=1S/C20H23IN2O5/c1-5-27-18-10-13(9-16(21)19(18)28-6-2)12-22-23-20(24)15-8-7-14(25-3)11-17(15)26-4/h7-12H,5-6H2,1-4H3,(H,23,24)/b22-12-. The van der Waals surface area contributed by atoms with E-state index in [1.165, 1.54) is 7.11 Å². The second-order valence-corrected chi connectivity index (χ2v) is 6.62. The van der Waals surface area contributed by atoms with E-state index in [-0.39, 0.29) is 5.91 Å². The van der Waals surface area contributed by atoms with Crippen molar-refractivity contribution >= 4 is 34.7 Å². The predicted molar refractivity (Wildman–Crippen MR) is 116 cm³/mol. The zero-order chi connectivity index (χ0) is 20.5. The fraction of sp³-hybridized carbons (Fsp3) is 0.300. The molecule has 0 aliphatic heterocycles. The summed E-state index contributed by atoms with van der Waals surface area (Å²) in [7, 11) is 3.04. The quantitative estimate of drug-likeness (QED) is 0.323. The summed E-state index contributed by atoms with van der Waals surface area (Å²) < 4.78 is 22.6. The van der Waals surface area contributed by atoms with Gasteiger partial charge in [-0.3, -0.25) is 4.79 Å². The number of hydrogen-bond donors (Lipinski definition) is 1. The van der Waals surface area contributed by atoms with Gasteiger partial charge < -0.3 is 18.9 Å². The summed E-state index contributed by atoms with van der Waals surface area (Å²) in [5.74, 6) is 1.96. The van der Waals surface area contributed by atoms with Crippen molar-refractivity contribution in [2.75, 3.05) is 27.4 Å². The summed E-state index contributed by atoms with van der Waals surface area (Å²) >= 11 is 2.18. The van der Waals surface area contributed by atoms with Crippen molar-refractivity contribution < 1.29 is 23.7 Å². The second-order valence-electron chi connectivity index (χ2n) is 5.46. The number of hydrazone groups is 1. The second kappa shape index (κ2) is 10.7. The highest BCUT2D eigenvalue weighted by atomic mass is 127. The number of nitrogens with one attached hydrogen (secondary N) is 1. The lowest BCUT2D eigenvalue weighted by Gasteiger charge is -2.13. The van der Waals surface area contributed by atoms with Crippen LogP contribution >= 0.6 is 22.6 Å². The van der Waals surface area contributed by atoms with Crippen LogP contribution in [0.15, 0.2) is 35.4 Å². The number of methoxy groups -OCH3 is 2. The third kappa shape index (κ3) is 5.51. The van der Waals surface area contributed by atoms with Gasteiger partial charge in [-0.1, -0.05) is 0 Å². The topological polar surface area (TPSA) is 78.4 Å². The monoisotopic (exact) mass is 498 g/mol. The Morgan fingerprint density at radius 2 is 1.82 bits per heavy atom. The Kier molecular flexibility index (Phi) is 8.37. The first-order valence-electron chi connectivity index (χ1n) is 8.68. The minimum absolute atomic E-state index is 0.358.